The van der Waals surface area contributed by atoms with Crippen LogP contribution in [0.1, 0.15) is 40.0 Å². The zero-order chi connectivity index (χ0) is 21.6. The molecule has 1 fully saturated rings. The number of hydrogen-bond acceptors (Lipinski definition) is 5. The molecule has 160 valence electrons. The predicted octanol–water partition coefficient (Wildman–Crippen LogP) is 3.25. The van der Waals surface area contributed by atoms with Crippen molar-refractivity contribution in [3.63, 3.8) is 0 Å². The maximum absolute atomic E-state index is 12.4. The lowest BCUT2D eigenvalue weighted by molar-refractivity contribution is 0.0792. The molecule has 0 atom stereocenters. The molecule has 1 saturated heterocycles. The second kappa shape index (κ2) is 9.47. The standard InChI is InChI=1S/C24H26N4O3/c25-22-21-16-20(9-8-17(21)10-12-26-22)31-15-3-11-27-23(29)18-4-6-19(7-5-18)24(30)28-13-1-2-14-28/h4-10,12,16H,1-3,11,13-15H2,(H2,25,26)(H,27,29). The summed E-state index contributed by atoms with van der Waals surface area (Å²) >= 11 is 0. The number of nitrogens with two attached hydrogens (primary N) is 1. The minimum absolute atomic E-state index is 0.0350. The molecule has 0 aliphatic carbocycles. The first kappa shape index (κ1) is 20.7. The van der Waals surface area contributed by atoms with E-state index in [1.807, 2.05) is 29.2 Å². The van der Waals surface area contributed by atoms with Crippen LogP contribution in [0.15, 0.2) is 54.7 Å². The number of nitrogen functional groups attached to an aromatic ring is 1. The molecule has 0 bridgehead atoms. The Labute approximate surface area is 181 Å². The van der Waals surface area contributed by atoms with Crippen LogP contribution >= 0.6 is 0 Å². The van der Waals surface area contributed by atoms with Gasteiger partial charge in [-0.2, -0.15) is 0 Å². The molecule has 7 nitrogen and oxygen atoms in total. The fourth-order valence-corrected chi connectivity index (χ4v) is 3.69. The minimum Gasteiger partial charge on any atom is -0.494 e. The summed E-state index contributed by atoms with van der Waals surface area (Å²) in [5.74, 6) is 1.07. The second-order valence-corrected chi connectivity index (χ2v) is 7.61. The average molecular weight is 418 g/mol. The molecule has 7 heteroatoms. The molecule has 2 aromatic carbocycles. The highest BCUT2D eigenvalue weighted by Crippen LogP contribution is 2.24. The predicted molar refractivity (Wildman–Crippen MR) is 120 cm³/mol. The lowest BCUT2D eigenvalue weighted by atomic mass is 10.1. The Kier molecular flexibility index (Phi) is 6.31. The van der Waals surface area contributed by atoms with Crippen molar-refractivity contribution in [3.8, 4) is 5.75 Å². The number of carbonyl (C=O) groups excluding carboxylic acids is 2. The number of nitrogens with one attached hydrogen (secondary N) is 1. The summed E-state index contributed by atoms with van der Waals surface area (Å²) in [6, 6.07) is 14.5. The molecule has 3 N–H and O–H groups in total. The normalized spacial score (nSPS) is 13.4. The highest BCUT2D eigenvalue weighted by Gasteiger charge is 2.19. The smallest absolute Gasteiger partial charge is 0.253 e. The van der Waals surface area contributed by atoms with Gasteiger partial charge in [-0.3, -0.25) is 9.59 Å². The zero-order valence-corrected chi connectivity index (χ0v) is 17.3. The van der Waals surface area contributed by atoms with Crippen LogP contribution in [0.3, 0.4) is 0 Å². The van der Waals surface area contributed by atoms with Gasteiger partial charge in [0.15, 0.2) is 0 Å². The fourth-order valence-electron chi connectivity index (χ4n) is 3.69. The lowest BCUT2D eigenvalue weighted by Gasteiger charge is -2.15. The van der Waals surface area contributed by atoms with Gasteiger partial charge >= 0.3 is 0 Å². The monoisotopic (exact) mass is 418 g/mol. The van der Waals surface area contributed by atoms with Crippen LogP contribution < -0.4 is 15.8 Å². The van der Waals surface area contributed by atoms with Gasteiger partial charge in [0.1, 0.15) is 11.6 Å². The molecular weight excluding hydrogens is 392 g/mol. The summed E-state index contributed by atoms with van der Waals surface area (Å²) in [5, 5.41) is 4.76. The maximum atomic E-state index is 12.4. The number of amides is 2. The minimum atomic E-state index is -0.162. The maximum Gasteiger partial charge on any atom is 0.253 e. The van der Waals surface area contributed by atoms with E-state index in [-0.39, 0.29) is 11.8 Å². The largest absolute Gasteiger partial charge is 0.494 e. The highest BCUT2D eigenvalue weighted by atomic mass is 16.5. The number of aromatic nitrogens is 1. The number of fused-ring (bicyclic) bond motifs is 1. The van der Waals surface area contributed by atoms with Crippen LogP contribution in [0.5, 0.6) is 5.75 Å². The van der Waals surface area contributed by atoms with E-state index < -0.39 is 0 Å². The third-order valence-electron chi connectivity index (χ3n) is 5.43. The summed E-state index contributed by atoms with van der Waals surface area (Å²) in [6.45, 7) is 2.58. The van der Waals surface area contributed by atoms with Gasteiger partial charge in [-0.25, -0.2) is 4.98 Å². The van der Waals surface area contributed by atoms with Gasteiger partial charge in [0.25, 0.3) is 11.8 Å². The third-order valence-corrected chi connectivity index (χ3v) is 5.43. The van der Waals surface area contributed by atoms with Crippen molar-refractivity contribution in [1.29, 1.82) is 0 Å². The van der Waals surface area contributed by atoms with E-state index in [0.29, 0.717) is 36.5 Å². The molecule has 0 unspecified atom stereocenters. The van der Waals surface area contributed by atoms with Gasteiger partial charge < -0.3 is 20.7 Å². The topological polar surface area (TPSA) is 97.5 Å². The van der Waals surface area contributed by atoms with Crippen molar-refractivity contribution in [2.75, 3.05) is 32.0 Å². The Morgan fingerprint density at radius 3 is 2.55 bits per heavy atom. The van der Waals surface area contributed by atoms with E-state index >= 15 is 0 Å². The Morgan fingerprint density at radius 2 is 1.77 bits per heavy atom. The van der Waals surface area contributed by atoms with Crippen LogP contribution in [0.25, 0.3) is 10.8 Å². The Balaban J connectivity index is 1.22. The summed E-state index contributed by atoms with van der Waals surface area (Å²) in [7, 11) is 0. The van der Waals surface area contributed by atoms with Crippen molar-refractivity contribution >= 4 is 28.4 Å². The van der Waals surface area contributed by atoms with Gasteiger partial charge in [0.2, 0.25) is 0 Å². The summed E-state index contributed by atoms with van der Waals surface area (Å²) in [5.41, 5.74) is 7.07. The fraction of sp³-hybridized carbons (Fsp3) is 0.292. The molecule has 0 radical (unpaired) electrons. The first-order chi connectivity index (χ1) is 15.1. The quantitative estimate of drug-likeness (QED) is 0.574. The van der Waals surface area contributed by atoms with Crippen molar-refractivity contribution in [3.05, 3.63) is 65.9 Å². The van der Waals surface area contributed by atoms with Gasteiger partial charge in [-0.05, 0) is 67.1 Å². The molecular formula is C24H26N4O3. The summed E-state index contributed by atoms with van der Waals surface area (Å²) < 4.78 is 5.77. The number of rotatable bonds is 7. The SMILES string of the molecule is Nc1nccc2ccc(OCCCNC(=O)c3ccc(C(=O)N4CCCC4)cc3)cc12. The molecule has 2 heterocycles. The van der Waals surface area contributed by atoms with Crippen molar-refractivity contribution < 1.29 is 14.3 Å². The molecule has 0 saturated carbocycles. The molecule has 1 aliphatic rings. The van der Waals surface area contributed by atoms with Crippen LogP contribution in [-0.4, -0.2) is 47.9 Å². The number of hydrogen-bond donors (Lipinski definition) is 2. The van der Waals surface area contributed by atoms with E-state index in [1.165, 1.54) is 0 Å². The van der Waals surface area contributed by atoms with Gasteiger partial charge in [-0.1, -0.05) is 6.07 Å². The number of ether oxygens (including phenoxy) is 1. The third kappa shape index (κ3) is 4.94. The number of carbonyl (C=O) groups is 2. The average Bonchev–Trinajstić information content (AvgIpc) is 3.34. The van der Waals surface area contributed by atoms with E-state index in [9.17, 15) is 9.59 Å². The Hall–Kier alpha value is -3.61. The van der Waals surface area contributed by atoms with Crippen LogP contribution in [0.4, 0.5) is 5.82 Å². The van der Waals surface area contributed by atoms with E-state index in [2.05, 4.69) is 10.3 Å². The molecule has 1 aromatic heterocycles. The molecule has 4 rings (SSSR count). The lowest BCUT2D eigenvalue weighted by Crippen LogP contribution is -2.28. The molecule has 31 heavy (non-hydrogen) atoms. The van der Waals surface area contributed by atoms with Gasteiger partial charge in [-0.15, -0.1) is 0 Å². The van der Waals surface area contributed by atoms with Gasteiger partial charge in [0.05, 0.1) is 6.61 Å². The van der Waals surface area contributed by atoms with Crippen LogP contribution in [0, 0.1) is 0 Å². The number of nitrogens with zero attached hydrogens (tertiary/aromatic N) is 2. The number of pyridine rings is 1. The second-order valence-electron chi connectivity index (χ2n) is 7.61. The summed E-state index contributed by atoms with van der Waals surface area (Å²) in [4.78, 5) is 30.7. The van der Waals surface area contributed by atoms with E-state index in [4.69, 9.17) is 10.5 Å². The van der Waals surface area contributed by atoms with Crippen molar-refractivity contribution in [1.82, 2.24) is 15.2 Å². The molecule has 1 aliphatic heterocycles. The van der Waals surface area contributed by atoms with Crippen molar-refractivity contribution in [2.45, 2.75) is 19.3 Å². The molecule has 3 aromatic rings. The van der Waals surface area contributed by atoms with Crippen molar-refractivity contribution in [2.24, 2.45) is 0 Å². The van der Waals surface area contributed by atoms with Crippen LogP contribution in [-0.2, 0) is 0 Å². The Morgan fingerprint density at radius 1 is 1.03 bits per heavy atom. The first-order valence-electron chi connectivity index (χ1n) is 10.6. The number of anilines is 1. The van der Waals surface area contributed by atoms with E-state index in [0.717, 1.165) is 42.5 Å². The van der Waals surface area contributed by atoms with E-state index in [1.54, 1.807) is 30.5 Å². The summed E-state index contributed by atoms with van der Waals surface area (Å²) in [6.07, 6.45) is 4.46. The zero-order valence-electron chi connectivity index (χ0n) is 17.3. The number of benzene rings is 2. The Bertz CT molecular complexity index is 1080. The highest BCUT2D eigenvalue weighted by molar-refractivity contribution is 5.98. The molecule has 2 amide bonds. The first-order valence-corrected chi connectivity index (χ1v) is 10.6. The van der Waals surface area contributed by atoms with Gasteiger partial charge in [0, 0.05) is 42.3 Å². The molecule has 0 spiro atoms. The number of likely N-dealkylation sites (tertiary alicyclic amines) is 1. The van der Waals surface area contributed by atoms with Crippen LogP contribution in [0.2, 0.25) is 0 Å².